The van der Waals surface area contributed by atoms with Crippen LogP contribution in [0.5, 0.6) is 0 Å². The van der Waals surface area contributed by atoms with E-state index in [1.165, 1.54) is 16.0 Å². The lowest BCUT2D eigenvalue weighted by atomic mass is 10.1. The Balaban J connectivity index is 2.02. The molecule has 1 amide bonds. The largest absolute Gasteiger partial charge is 0.321 e. The van der Waals surface area contributed by atoms with Crippen LogP contribution in [-0.4, -0.2) is 20.7 Å². The summed E-state index contributed by atoms with van der Waals surface area (Å²) in [6, 6.07) is 9.24. The van der Waals surface area contributed by atoms with Crippen molar-refractivity contribution in [1.82, 2.24) is 14.8 Å². The Hall–Kier alpha value is -2.80. The Labute approximate surface area is 149 Å². The van der Waals surface area contributed by atoms with Crippen molar-refractivity contribution < 1.29 is 4.79 Å². The third kappa shape index (κ3) is 3.23. The van der Waals surface area contributed by atoms with Gasteiger partial charge in [-0.1, -0.05) is 18.2 Å². The topological polar surface area (TPSA) is 76.9 Å². The van der Waals surface area contributed by atoms with E-state index in [1.54, 1.807) is 14.0 Å². The van der Waals surface area contributed by atoms with E-state index in [1.807, 2.05) is 44.2 Å². The fourth-order valence-corrected chi connectivity index (χ4v) is 3.58. The molecule has 0 aliphatic carbocycles. The number of amides is 1. The normalized spacial score (nSPS) is 10.7. The maximum Gasteiger partial charge on any atom is 0.277 e. The molecule has 0 atom stereocenters. The molecule has 2 heterocycles. The van der Waals surface area contributed by atoms with Crippen molar-refractivity contribution in [2.75, 3.05) is 5.32 Å². The number of para-hydroxylation sites is 1. The molecule has 1 aromatic carbocycles. The van der Waals surface area contributed by atoms with Gasteiger partial charge in [0, 0.05) is 12.7 Å². The maximum atomic E-state index is 12.5. The van der Waals surface area contributed by atoms with Crippen LogP contribution < -0.4 is 10.9 Å². The lowest BCUT2D eigenvalue weighted by molar-refractivity contribution is 0.103. The van der Waals surface area contributed by atoms with Crippen LogP contribution in [0.2, 0.25) is 0 Å². The van der Waals surface area contributed by atoms with Crippen LogP contribution in [0, 0.1) is 20.8 Å². The number of nitrogens with one attached hydrogen (secondary N) is 1. The minimum Gasteiger partial charge on any atom is -0.321 e. The molecule has 0 saturated carbocycles. The molecule has 0 spiro atoms. The van der Waals surface area contributed by atoms with Gasteiger partial charge in [-0.3, -0.25) is 9.59 Å². The number of benzene rings is 1. The molecule has 6 nitrogen and oxygen atoms in total. The Morgan fingerprint density at radius 1 is 1.12 bits per heavy atom. The fourth-order valence-electron chi connectivity index (χ4n) is 2.52. The molecular weight excluding hydrogens is 336 g/mol. The highest BCUT2D eigenvalue weighted by atomic mass is 32.1. The molecule has 1 N–H and O–H groups in total. The summed E-state index contributed by atoms with van der Waals surface area (Å²) in [6.45, 7) is 5.47. The lowest BCUT2D eigenvalue weighted by Crippen LogP contribution is -2.23. The number of aryl methyl sites for hydroxylation is 3. The van der Waals surface area contributed by atoms with Crippen molar-refractivity contribution in [3.8, 4) is 10.6 Å². The Bertz CT molecular complexity index is 1010. The molecular formula is C18H18N4O2S. The van der Waals surface area contributed by atoms with Gasteiger partial charge in [0.05, 0.1) is 17.0 Å². The van der Waals surface area contributed by atoms with Crippen molar-refractivity contribution >= 4 is 22.9 Å². The van der Waals surface area contributed by atoms with E-state index in [4.69, 9.17) is 0 Å². The molecule has 3 aromatic rings. The molecule has 0 bridgehead atoms. The quantitative estimate of drug-likeness (QED) is 0.784. The van der Waals surface area contributed by atoms with E-state index in [0.29, 0.717) is 26.8 Å². The second-order valence-corrected chi connectivity index (χ2v) is 6.77. The third-order valence-corrected chi connectivity index (χ3v) is 5.15. The van der Waals surface area contributed by atoms with Crippen LogP contribution in [0.15, 0.2) is 35.1 Å². The number of carbonyl (C=O) groups is 1. The first-order valence-corrected chi connectivity index (χ1v) is 8.59. The van der Waals surface area contributed by atoms with E-state index in [9.17, 15) is 9.59 Å². The van der Waals surface area contributed by atoms with Gasteiger partial charge in [0.25, 0.3) is 11.5 Å². The van der Waals surface area contributed by atoms with Crippen LogP contribution in [-0.2, 0) is 7.05 Å². The predicted molar refractivity (Wildman–Crippen MR) is 99.2 cm³/mol. The molecule has 25 heavy (non-hydrogen) atoms. The summed E-state index contributed by atoms with van der Waals surface area (Å²) in [7, 11) is 1.61. The average molecular weight is 354 g/mol. The number of hydrogen-bond donors (Lipinski definition) is 1. The van der Waals surface area contributed by atoms with Crippen LogP contribution >= 0.6 is 11.3 Å². The van der Waals surface area contributed by atoms with E-state index >= 15 is 0 Å². The highest BCUT2D eigenvalue weighted by Crippen LogP contribution is 2.29. The summed E-state index contributed by atoms with van der Waals surface area (Å²) in [4.78, 5) is 30.0. The number of nitrogens with zero attached hydrogens (tertiary/aromatic N) is 3. The molecule has 0 aliphatic rings. The van der Waals surface area contributed by atoms with Gasteiger partial charge >= 0.3 is 0 Å². The van der Waals surface area contributed by atoms with Gasteiger partial charge in [-0.2, -0.15) is 5.10 Å². The van der Waals surface area contributed by atoms with Crippen molar-refractivity contribution in [2.24, 2.45) is 7.05 Å². The van der Waals surface area contributed by atoms with Crippen LogP contribution in [0.25, 0.3) is 10.6 Å². The maximum absolute atomic E-state index is 12.5. The second kappa shape index (κ2) is 6.60. The number of carbonyl (C=O) groups excluding carboxylic acids is 1. The van der Waals surface area contributed by atoms with E-state index in [2.05, 4.69) is 15.4 Å². The van der Waals surface area contributed by atoms with E-state index < -0.39 is 0 Å². The van der Waals surface area contributed by atoms with Gasteiger partial charge in [0.15, 0.2) is 0 Å². The average Bonchev–Trinajstić information content (AvgIpc) is 2.96. The first-order valence-electron chi connectivity index (χ1n) is 7.77. The van der Waals surface area contributed by atoms with Gasteiger partial charge in [-0.05, 0) is 38.5 Å². The van der Waals surface area contributed by atoms with Crippen LogP contribution in [0.1, 0.15) is 26.6 Å². The van der Waals surface area contributed by atoms with Gasteiger partial charge in [-0.15, -0.1) is 11.3 Å². The smallest absolute Gasteiger partial charge is 0.277 e. The molecule has 0 radical (unpaired) electrons. The van der Waals surface area contributed by atoms with Gasteiger partial charge in [0.1, 0.15) is 9.88 Å². The molecule has 7 heteroatoms. The first-order chi connectivity index (χ1) is 11.9. The molecule has 0 fully saturated rings. The van der Waals surface area contributed by atoms with Gasteiger partial charge in [0.2, 0.25) is 0 Å². The van der Waals surface area contributed by atoms with Crippen LogP contribution in [0.3, 0.4) is 0 Å². The summed E-state index contributed by atoms with van der Waals surface area (Å²) < 4.78 is 1.30. The fraction of sp³-hybridized carbons (Fsp3) is 0.222. The van der Waals surface area contributed by atoms with E-state index in [-0.39, 0.29) is 11.5 Å². The Morgan fingerprint density at radius 2 is 1.80 bits per heavy atom. The van der Waals surface area contributed by atoms with Crippen molar-refractivity contribution in [3.63, 3.8) is 0 Å². The molecule has 0 unspecified atom stereocenters. The number of thiazole rings is 1. The SMILES string of the molecule is Cc1nc(-c2c(C)c(C)nn(C)c2=O)sc1C(=O)Nc1ccccc1. The highest BCUT2D eigenvalue weighted by Gasteiger charge is 2.21. The summed E-state index contributed by atoms with van der Waals surface area (Å²) in [5.74, 6) is -0.229. The minimum atomic E-state index is -0.229. The summed E-state index contributed by atoms with van der Waals surface area (Å²) >= 11 is 1.22. The molecule has 0 aliphatic heterocycles. The van der Waals surface area contributed by atoms with Crippen molar-refractivity contribution in [1.29, 1.82) is 0 Å². The van der Waals surface area contributed by atoms with Gasteiger partial charge < -0.3 is 5.32 Å². The number of anilines is 1. The zero-order chi connectivity index (χ0) is 18.1. The zero-order valence-corrected chi connectivity index (χ0v) is 15.3. The van der Waals surface area contributed by atoms with Gasteiger partial charge in [-0.25, -0.2) is 9.67 Å². The Kier molecular flexibility index (Phi) is 4.50. The molecule has 128 valence electrons. The third-order valence-electron chi connectivity index (χ3n) is 3.97. The number of hydrogen-bond acceptors (Lipinski definition) is 5. The zero-order valence-electron chi connectivity index (χ0n) is 14.5. The van der Waals surface area contributed by atoms with Crippen molar-refractivity contribution in [3.05, 3.63) is 62.5 Å². The van der Waals surface area contributed by atoms with Crippen molar-refractivity contribution in [2.45, 2.75) is 20.8 Å². The first kappa shape index (κ1) is 17.0. The second-order valence-electron chi connectivity index (χ2n) is 5.77. The van der Waals surface area contributed by atoms with E-state index in [0.717, 1.165) is 11.3 Å². The molecule has 2 aromatic heterocycles. The lowest BCUT2D eigenvalue weighted by Gasteiger charge is -2.07. The number of rotatable bonds is 3. The monoisotopic (exact) mass is 354 g/mol. The highest BCUT2D eigenvalue weighted by molar-refractivity contribution is 7.17. The van der Waals surface area contributed by atoms with Crippen LogP contribution in [0.4, 0.5) is 5.69 Å². The summed E-state index contributed by atoms with van der Waals surface area (Å²) in [5.41, 5.74) is 3.15. The standard InChI is InChI=1S/C18H18N4O2S/c1-10-11(2)21-22(4)18(24)14(10)17-19-12(3)15(25-17)16(23)20-13-8-6-5-7-9-13/h5-9H,1-4H3,(H,20,23). The number of aromatic nitrogens is 3. The predicted octanol–water partition coefficient (Wildman–Crippen LogP) is 3.08. The summed E-state index contributed by atoms with van der Waals surface area (Å²) in [6.07, 6.45) is 0. The minimum absolute atomic E-state index is 0.216. The molecule has 0 saturated heterocycles. The Morgan fingerprint density at radius 3 is 2.48 bits per heavy atom. The summed E-state index contributed by atoms with van der Waals surface area (Å²) in [5, 5.41) is 7.57. The molecule has 3 rings (SSSR count).